The summed E-state index contributed by atoms with van der Waals surface area (Å²) in [5, 5.41) is 11.0. The molecule has 0 saturated heterocycles. The summed E-state index contributed by atoms with van der Waals surface area (Å²) in [6.45, 7) is 4.09. The first-order valence-corrected chi connectivity index (χ1v) is 17.3. The molecule has 0 rings (SSSR count). The second-order valence-electron chi connectivity index (χ2n) is 11.8. The molecule has 41 heavy (non-hydrogen) atoms. The van der Waals surface area contributed by atoms with Crippen LogP contribution in [0.4, 0.5) is 0 Å². The molecule has 0 aromatic rings. The topological polar surface area (TPSA) is 92.7 Å². The highest BCUT2D eigenvalue weighted by atomic mass is 16.5. The molecule has 0 aliphatic carbocycles. The van der Waals surface area contributed by atoms with Crippen LogP contribution in [-0.2, 0) is 19.1 Å². The van der Waals surface area contributed by atoms with Crippen LogP contribution in [-0.4, -0.2) is 35.6 Å². The molecule has 1 unspecified atom stereocenters. The third kappa shape index (κ3) is 30.9. The SMILES string of the molecule is CCCCCCCC/C=C\CCCCCCCCCCCC(=O)OC(CCCC)CCCCCC(=O)NCC(=O)O. The van der Waals surface area contributed by atoms with Gasteiger partial charge in [-0.15, -0.1) is 0 Å². The van der Waals surface area contributed by atoms with Gasteiger partial charge in [0.15, 0.2) is 0 Å². The average molecular weight is 580 g/mol. The third-order valence-corrected chi connectivity index (χ3v) is 7.69. The number of ether oxygens (including phenoxy) is 1. The molecule has 0 aliphatic rings. The van der Waals surface area contributed by atoms with Crippen molar-refractivity contribution in [3.05, 3.63) is 12.2 Å². The number of rotatable bonds is 31. The molecule has 0 heterocycles. The number of aliphatic carboxylic acids is 1. The fourth-order valence-electron chi connectivity index (χ4n) is 5.08. The summed E-state index contributed by atoms with van der Waals surface area (Å²) < 4.78 is 5.79. The Hall–Kier alpha value is -1.85. The van der Waals surface area contributed by atoms with Crippen molar-refractivity contribution in [2.75, 3.05) is 6.54 Å². The number of carbonyl (C=O) groups excluding carboxylic acids is 2. The van der Waals surface area contributed by atoms with Gasteiger partial charge in [-0.1, -0.05) is 122 Å². The molecule has 0 fully saturated rings. The molecule has 0 aromatic heterocycles. The van der Waals surface area contributed by atoms with Crippen LogP contribution in [0.1, 0.15) is 181 Å². The smallest absolute Gasteiger partial charge is 0.322 e. The van der Waals surface area contributed by atoms with E-state index in [2.05, 4.69) is 31.3 Å². The van der Waals surface area contributed by atoms with Gasteiger partial charge in [-0.05, 0) is 57.8 Å². The summed E-state index contributed by atoms with van der Waals surface area (Å²) in [6, 6.07) is 0. The van der Waals surface area contributed by atoms with Gasteiger partial charge in [-0.25, -0.2) is 0 Å². The van der Waals surface area contributed by atoms with Gasteiger partial charge in [-0.2, -0.15) is 0 Å². The van der Waals surface area contributed by atoms with E-state index in [1.807, 2.05) is 0 Å². The molecule has 1 atom stereocenters. The quantitative estimate of drug-likeness (QED) is 0.0484. The van der Waals surface area contributed by atoms with Crippen molar-refractivity contribution in [1.82, 2.24) is 5.32 Å². The minimum atomic E-state index is -1.03. The van der Waals surface area contributed by atoms with Crippen molar-refractivity contribution >= 4 is 17.8 Å². The number of carbonyl (C=O) groups is 3. The predicted molar refractivity (Wildman–Crippen MR) is 171 cm³/mol. The Morgan fingerprint density at radius 2 is 1.07 bits per heavy atom. The van der Waals surface area contributed by atoms with Crippen molar-refractivity contribution in [2.45, 2.75) is 187 Å². The molecule has 6 heteroatoms. The maximum atomic E-state index is 12.4. The Morgan fingerprint density at radius 3 is 1.63 bits per heavy atom. The zero-order valence-corrected chi connectivity index (χ0v) is 26.9. The normalized spacial score (nSPS) is 12.0. The summed E-state index contributed by atoms with van der Waals surface area (Å²) in [5.74, 6) is -1.32. The molecule has 240 valence electrons. The van der Waals surface area contributed by atoms with Gasteiger partial charge in [0.1, 0.15) is 12.6 Å². The van der Waals surface area contributed by atoms with Gasteiger partial charge < -0.3 is 15.2 Å². The number of amides is 1. The van der Waals surface area contributed by atoms with Gasteiger partial charge in [0.25, 0.3) is 0 Å². The first-order chi connectivity index (χ1) is 20.0. The highest BCUT2D eigenvalue weighted by Crippen LogP contribution is 2.17. The van der Waals surface area contributed by atoms with Gasteiger partial charge in [0, 0.05) is 12.8 Å². The largest absolute Gasteiger partial charge is 0.480 e. The summed E-state index contributed by atoms with van der Waals surface area (Å²) in [5.41, 5.74) is 0. The summed E-state index contributed by atoms with van der Waals surface area (Å²) in [7, 11) is 0. The maximum Gasteiger partial charge on any atom is 0.322 e. The number of carboxylic acids is 1. The molecule has 0 aromatic carbocycles. The number of carboxylic acid groups (broad SMARTS) is 1. The van der Waals surface area contributed by atoms with Crippen molar-refractivity contribution in [1.29, 1.82) is 0 Å². The minimum Gasteiger partial charge on any atom is -0.480 e. The maximum absolute atomic E-state index is 12.4. The predicted octanol–water partition coefficient (Wildman–Crippen LogP) is 9.84. The van der Waals surface area contributed by atoms with E-state index in [1.165, 1.54) is 96.3 Å². The van der Waals surface area contributed by atoms with Crippen molar-refractivity contribution in [3.63, 3.8) is 0 Å². The molecular formula is C35H65NO5. The van der Waals surface area contributed by atoms with Crippen LogP contribution >= 0.6 is 0 Å². The second kappa shape index (κ2) is 31.1. The lowest BCUT2D eigenvalue weighted by Crippen LogP contribution is -2.28. The monoisotopic (exact) mass is 579 g/mol. The molecule has 0 radical (unpaired) electrons. The van der Waals surface area contributed by atoms with Gasteiger partial charge in [-0.3, -0.25) is 14.4 Å². The van der Waals surface area contributed by atoms with E-state index in [4.69, 9.17) is 9.84 Å². The molecule has 2 N–H and O–H groups in total. The van der Waals surface area contributed by atoms with Crippen LogP contribution in [0.5, 0.6) is 0 Å². The summed E-state index contributed by atoms with van der Waals surface area (Å²) in [4.78, 5) is 34.5. The Bertz CT molecular complexity index is 648. The molecule has 6 nitrogen and oxygen atoms in total. The Morgan fingerprint density at radius 1 is 0.610 bits per heavy atom. The van der Waals surface area contributed by atoms with Crippen LogP contribution in [0.2, 0.25) is 0 Å². The van der Waals surface area contributed by atoms with Gasteiger partial charge in [0.2, 0.25) is 5.91 Å². The summed E-state index contributed by atoms with van der Waals surface area (Å²) >= 11 is 0. The van der Waals surface area contributed by atoms with E-state index >= 15 is 0 Å². The zero-order chi connectivity index (χ0) is 30.2. The zero-order valence-electron chi connectivity index (χ0n) is 26.9. The lowest BCUT2D eigenvalue weighted by atomic mass is 10.0. The number of unbranched alkanes of at least 4 members (excludes halogenated alkanes) is 18. The fourth-order valence-corrected chi connectivity index (χ4v) is 5.08. The van der Waals surface area contributed by atoms with E-state index in [-0.39, 0.29) is 24.5 Å². The van der Waals surface area contributed by atoms with E-state index in [9.17, 15) is 14.4 Å². The first kappa shape index (κ1) is 39.1. The van der Waals surface area contributed by atoms with Crippen LogP contribution in [0, 0.1) is 0 Å². The third-order valence-electron chi connectivity index (χ3n) is 7.69. The molecule has 1 amide bonds. The highest BCUT2D eigenvalue weighted by Gasteiger charge is 2.14. The van der Waals surface area contributed by atoms with Crippen LogP contribution < -0.4 is 5.32 Å². The van der Waals surface area contributed by atoms with Crippen molar-refractivity contribution in [2.24, 2.45) is 0 Å². The Labute approximate surface area is 252 Å². The fraction of sp³-hybridized carbons (Fsp3) is 0.857. The Balaban J connectivity index is 3.66. The minimum absolute atomic E-state index is 0.0286. The molecule has 0 spiro atoms. The van der Waals surface area contributed by atoms with E-state index in [0.717, 1.165) is 57.8 Å². The number of nitrogens with one attached hydrogen (secondary N) is 1. The first-order valence-electron chi connectivity index (χ1n) is 17.3. The van der Waals surface area contributed by atoms with Crippen LogP contribution in [0.3, 0.4) is 0 Å². The van der Waals surface area contributed by atoms with E-state index in [0.29, 0.717) is 12.8 Å². The molecular weight excluding hydrogens is 514 g/mol. The molecule has 0 bridgehead atoms. The average Bonchev–Trinajstić information content (AvgIpc) is 2.95. The standard InChI is InChI=1S/C35H65NO5/c1-3-5-7-8-9-10-11-12-13-14-15-16-17-18-19-20-21-22-26-30-35(40)41-32(27-6-4-2)28-24-23-25-29-33(37)36-31-34(38)39/h12-13,32H,3-11,14-31H2,1-2H3,(H,36,37)(H,38,39)/b13-12-. The lowest BCUT2D eigenvalue weighted by molar-refractivity contribution is -0.150. The highest BCUT2D eigenvalue weighted by molar-refractivity contribution is 5.80. The molecule has 0 aliphatic heterocycles. The van der Waals surface area contributed by atoms with Gasteiger partial charge >= 0.3 is 11.9 Å². The van der Waals surface area contributed by atoms with E-state index < -0.39 is 5.97 Å². The number of hydrogen-bond donors (Lipinski definition) is 2. The second-order valence-corrected chi connectivity index (χ2v) is 11.8. The summed E-state index contributed by atoms with van der Waals surface area (Å²) in [6.07, 6.45) is 33.8. The van der Waals surface area contributed by atoms with Crippen LogP contribution in [0.25, 0.3) is 0 Å². The van der Waals surface area contributed by atoms with Crippen molar-refractivity contribution in [3.8, 4) is 0 Å². The van der Waals surface area contributed by atoms with E-state index in [1.54, 1.807) is 0 Å². The number of allylic oxidation sites excluding steroid dienone is 2. The number of hydrogen-bond acceptors (Lipinski definition) is 4. The van der Waals surface area contributed by atoms with Gasteiger partial charge in [0.05, 0.1) is 0 Å². The molecule has 0 saturated carbocycles. The Kier molecular flexibility index (Phi) is 29.7. The number of esters is 1. The van der Waals surface area contributed by atoms with Crippen molar-refractivity contribution < 1.29 is 24.2 Å². The van der Waals surface area contributed by atoms with Crippen LogP contribution in [0.15, 0.2) is 12.2 Å². The lowest BCUT2D eigenvalue weighted by Gasteiger charge is -2.18.